The number of nitrogens with one attached hydrogen (secondary N) is 1. The number of benzene rings is 1. The third-order valence-electron chi connectivity index (χ3n) is 3.60. The summed E-state index contributed by atoms with van der Waals surface area (Å²) < 4.78 is 20.4. The van der Waals surface area contributed by atoms with E-state index in [-0.39, 0.29) is 11.7 Å². The van der Waals surface area contributed by atoms with Crippen molar-refractivity contribution >= 4 is 22.4 Å². The van der Waals surface area contributed by atoms with Gasteiger partial charge in [-0.25, -0.2) is 9.37 Å². The molecule has 2 aromatic heterocycles. The summed E-state index contributed by atoms with van der Waals surface area (Å²) >= 11 is 1.30. The second kappa shape index (κ2) is 7.43. The molecule has 0 atom stereocenters. The van der Waals surface area contributed by atoms with Gasteiger partial charge in [0.05, 0.1) is 19.0 Å². The highest BCUT2D eigenvalue weighted by molar-refractivity contribution is 7.14. The van der Waals surface area contributed by atoms with Crippen LogP contribution in [-0.2, 0) is 18.3 Å². The lowest BCUT2D eigenvalue weighted by atomic mass is 10.1. The van der Waals surface area contributed by atoms with E-state index < -0.39 is 5.82 Å². The monoisotopic (exact) mass is 360 g/mol. The van der Waals surface area contributed by atoms with Crippen molar-refractivity contribution in [2.45, 2.75) is 12.8 Å². The molecule has 1 amide bonds. The number of aromatic nitrogens is 3. The maximum Gasteiger partial charge on any atom is 0.226 e. The van der Waals surface area contributed by atoms with E-state index in [0.29, 0.717) is 29.2 Å². The van der Waals surface area contributed by atoms with E-state index >= 15 is 0 Å². The first-order valence-electron chi connectivity index (χ1n) is 7.62. The van der Waals surface area contributed by atoms with Crippen LogP contribution >= 0.6 is 11.3 Å². The van der Waals surface area contributed by atoms with Gasteiger partial charge in [-0.1, -0.05) is 0 Å². The lowest BCUT2D eigenvalue weighted by molar-refractivity contribution is -0.116. The summed E-state index contributed by atoms with van der Waals surface area (Å²) in [5.74, 6) is -0.386. The van der Waals surface area contributed by atoms with Gasteiger partial charge in [0, 0.05) is 30.6 Å². The molecule has 130 valence electrons. The highest BCUT2D eigenvalue weighted by atomic mass is 32.1. The van der Waals surface area contributed by atoms with Gasteiger partial charge < -0.3 is 10.1 Å². The highest BCUT2D eigenvalue weighted by Crippen LogP contribution is 2.28. The minimum Gasteiger partial charge on any atom is -0.494 e. The molecule has 0 saturated heterocycles. The van der Waals surface area contributed by atoms with Crippen LogP contribution in [0.15, 0.2) is 36.0 Å². The fourth-order valence-electron chi connectivity index (χ4n) is 2.33. The molecular weight excluding hydrogens is 343 g/mol. The fourth-order valence-corrected chi connectivity index (χ4v) is 3.07. The predicted octanol–water partition coefficient (Wildman–Crippen LogP) is 3.26. The molecule has 25 heavy (non-hydrogen) atoms. The lowest BCUT2D eigenvalue weighted by Crippen LogP contribution is -2.12. The quantitative estimate of drug-likeness (QED) is 0.733. The van der Waals surface area contributed by atoms with E-state index in [2.05, 4.69) is 15.4 Å². The average Bonchev–Trinajstić information content (AvgIpc) is 3.22. The summed E-state index contributed by atoms with van der Waals surface area (Å²) in [5, 5.41) is 9.10. The Kier molecular flexibility index (Phi) is 5.08. The molecule has 0 aliphatic carbocycles. The molecule has 1 aromatic carbocycles. The Morgan fingerprint density at radius 1 is 1.44 bits per heavy atom. The van der Waals surface area contributed by atoms with Crippen LogP contribution in [0, 0.1) is 5.82 Å². The summed E-state index contributed by atoms with van der Waals surface area (Å²) in [6.45, 7) is 0. The molecule has 0 saturated carbocycles. The zero-order chi connectivity index (χ0) is 17.8. The molecule has 8 heteroatoms. The van der Waals surface area contributed by atoms with Crippen molar-refractivity contribution in [1.82, 2.24) is 14.8 Å². The van der Waals surface area contributed by atoms with Gasteiger partial charge >= 0.3 is 0 Å². The molecule has 0 bridgehead atoms. The Hall–Kier alpha value is -2.74. The van der Waals surface area contributed by atoms with Crippen molar-refractivity contribution in [1.29, 1.82) is 0 Å². The van der Waals surface area contributed by atoms with Gasteiger partial charge in [-0.2, -0.15) is 5.10 Å². The Balaban J connectivity index is 1.61. The number of aryl methyl sites for hydroxylation is 2. The summed E-state index contributed by atoms with van der Waals surface area (Å²) in [6.07, 6.45) is 4.58. The number of methoxy groups -OCH3 is 1. The number of nitrogens with zero attached hydrogens (tertiary/aromatic N) is 3. The van der Waals surface area contributed by atoms with Crippen molar-refractivity contribution in [2.24, 2.45) is 7.05 Å². The fraction of sp³-hybridized carbons (Fsp3) is 0.235. The van der Waals surface area contributed by atoms with Crippen molar-refractivity contribution in [3.63, 3.8) is 0 Å². The number of carbonyl (C=O) groups is 1. The minimum atomic E-state index is -0.449. The zero-order valence-electron chi connectivity index (χ0n) is 13.8. The molecule has 6 nitrogen and oxygen atoms in total. The third-order valence-corrected chi connectivity index (χ3v) is 4.35. The van der Waals surface area contributed by atoms with Crippen LogP contribution in [0.25, 0.3) is 11.3 Å². The van der Waals surface area contributed by atoms with Crippen LogP contribution in [0.4, 0.5) is 9.52 Å². The smallest absolute Gasteiger partial charge is 0.226 e. The summed E-state index contributed by atoms with van der Waals surface area (Å²) in [6, 6.07) is 4.64. The molecule has 3 aromatic rings. The van der Waals surface area contributed by atoms with Crippen LogP contribution in [0.5, 0.6) is 5.75 Å². The first-order chi connectivity index (χ1) is 12.0. The minimum absolute atomic E-state index is 0.120. The molecule has 0 aliphatic heterocycles. The van der Waals surface area contributed by atoms with E-state index in [4.69, 9.17) is 4.74 Å². The summed E-state index contributed by atoms with van der Waals surface area (Å²) in [5.41, 5.74) is 2.24. The molecule has 1 N–H and O–H groups in total. The van der Waals surface area contributed by atoms with Crippen LogP contribution in [-0.4, -0.2) is 27.8 Å². The Bertz CT molecular complexity index is 890. The van der Waals surface area contributed by atoms with Crippen LogP contribution < -0.4 is 10.1 Å². The first kappa shape index (κ1) is 17.1. The number of carbonyl (C=O) groups excluding carboxylic acids is 1. The average molecular weight is 360 g/mol. The predicted molar refractivity (Wildman–Crippen MR) is 94.2 cm³/mol. The molecule has 3 rings (SSSR count). The van der Waals surface area contributed by atoms with Crippen molar-refractivity contribution < 1.29 is 13.9 Å². The van der Waals surface area contributed by atoms with Gasteiger partial charge in [-0.05, 0) is 30.2 Å². The topological polar surface area (TPSA) is 69.0 Å². The Labute approximate surface area is 148 Å². The number of hydrogen-bond acceptors (Lipinski definition) is 5. The first-order valence-corrected chi connectivity index (χ1v) is 8.50. The Morgan fingerprint density at radius 2 is 2.28 bits per heavy atom. The van der Waals surface area contributed by atoms with Crippen molar-refractivity contribution in [3.05, 3.63) is 47.4 Å². The zero-order valence-corrected chi connectivity index (χ0v) is 14.6. The van der Waals surface area contributed by atoms with Crippen LogP contribution in [0.3, 0.4) is 0 Å². The van der Waals surface area contributed by atoms with Gasteiger partial charge in [0.25, 0.3) is 0 Å². The van der Waals surface area contributed by atoms with E-state index in [9.17, 15) is 9.18 Å². The van der Waals surface area contributed by atoms with E-state index in [1.807, 2.05) is 13.2 Å². The second-order valence-corrected chi connectivity index (χ2v) is 6.32. The highest BCUT2D eigenvalue weighted by Gasteiger charge is 2.11. The number of amides is 1. The van der Waals surface area contributed by atoms with Crippen molar-refractivity contribution in [3.8, 4) is 17.0 Å². The van der Waals surface area contributed by atoms with E-state index in [0.717, 1.165) is 5.56 Å². The number of thiazole rings is 1. The standard InChI is InChI=1S/C17H17FN4O2S/c1-22-9-11(8-19-22)3-6-16(23)21-17-20-14(10-25-17)12-4-5-15(24-2)13(18)7-12/h4-5,7-10H,3,6H2,1-2H3,(H,20,21,23). The Morgan fingerprint density at radius 3 is 2.96 bits per heavy atom. The van der Waals surface area contributed by atoms with E-state index in [1.165, 1.54) is 24.5 Å². The van der Waals surface area contributed by atoms with Crippen molar-refractivity contribution in [2.75, 3.05) is 12.4 Å². The summed E-state index contributed by atoms with van der Waals surface area (Å²) in [7, 11) is 3.25. The number of hydrogen-bond donors (Lipinski definition) is 1. The van der Waals surface area contributed by atoms with Gasteiger partial charge in [0.15, 0.2) is 16.7 Å². The largest absolute Gasteiger partial charge is 0.494 e. The maximum atomic E-state index is 13.8. The van der Waals surface area contributed by atoms with Gasteiger partial charge in [-0.15, -0.1) is 11.3 Å². The molecule has 0 unspecified atom stereocenters. The number of ether oxygens (including phenoxy) is 1. The van der Waals surface area contributed by atoms with Gasteiger partial charge in [0.2, 0.25) is 5.91 Å². The maximum absolute atomic E-state index is 13.8. The molecule has 0 radical (unpaired) electrons. The molecule has 2 heterocycles. The van der Waals surface area contributed by atoms with E-state index in [1.54, 1.807) is 28.4 Å². The molecule has 0 fully saturated rings. The molecule has 0 spiro atoms. The number of anilines is 1. The van der Waals surface area contributed by atoms with Crippen LogP contribution in [0.1, 0.15) is 12.0 Å². The number of rotatable bonds is 6. The lowest BCUT2D eigenvalue weighted by Gasteiger charge is -2.03. The normalized spacial score (nSPS) is 10.7. The second-order valence-electron chi connectivity index (χ2n) is 5.46. The molecular formula is C17H17FN4O2S. The molecule has 0 aliphatic rings. The number of halogens is 1. The van der Waals surface area contributed by atoms with Gasteiger partial charge in [-0.3, -0.25) is 9.48 Å². The van der Waals surface area contributed by atoms with Gasteiger partial charge in [0.1, 0.15) is 0 Å². The SMILES string of the molecule is COc1ccc(-c2csc(NC(=O)CCc3cnn(C)c3)n2)cc1F. The van der Waals surface area contributed by atoms with Crippen LogP contribution in [0.2, 0.25) is 0 Å². The third kappa shape index (κ3) is 4.21. The summed E-state index contributed by atoms with van der Waals surface area (Å²) in [4.78, 5) is 16.4.